The number of carbonyl (C=O) groups is 3. The molecule has 0 spiro atoms. The van der Waals surface area contributed by atoms with E-state index in [-0.39, 0.29) is 36.6 Å². The van der Waals surface area contributed by atoms with Gasteiger partial charge in [-0.1, -0.05) is 13.8 Å². The Bertz CT molecular complexity index is 544. The molecule has 3 amide bonds. The zero-order chi connectivity index (χ0) is 20.7. The van der Waals surface area contributed by atoms with Gasteiger partial charge in [-0.05, 0) is 32.7 Å². The van der Waals surface area contributed by atoms with Crippen molar-refractivity contribution >= 4 is 17.9 Å². The summed E-state index contributed by atoms with van der Waals surface area (Å²) >= 11 is 0. The van der Waals surface area contributed by atoms with E-state index in [4.69, 9.17) is 5.11 Å². The van der Waals surface area contributed by atoms with Gasteiger partial charge in [-0.25, -0.2) is 4.79 Å². The van der Waals surface area contributed by atoms with E-state index in [1.54, 1.807) is 4.90 Å². The number of nitrogens with one attached hydrogen (secondary N) is 2. The van der Waals surface area contributed by atoms with Gasteiger partial charge in [0.05, 0.1) is 13.1 Å². The maximum atomic E-state index is 12.4. The van der Waals surface area contributed by atoms with Crippen LogP contribution in [-0.2, 0) is 9.59 Å². The molecule has 28 heavy (non-hydrogen) atoms. The number of likely N-dealkylation sites (N-methyl/N-ethyl adjacent to an activating group) is 1. The third-order valence-corrected chi connectivity index (χ3v) is 5.75. The number of carboxylic acid groups (broad SMARTS) is 1. The van der Waals surface area contributed by atoms with Crippen molar-refractivity contribution in [2.75, 3.05) is 45.8 Å². The van der Waals surface area contributed by atoms with Crippen molar-refractivity contribution in [3.05, 3.63) is 0 Å². The van der Waals surface area contributed by atoms with Crippen molar-refractivity contribution < 1.29 is 19.5 Å². The summed E-state index contributed by atoms with van der Waals surface area (Å²) in [6.07, 6.45) is 2.50. The molecule has 1 aliphatic heterocycles. The number of piperazine rings is 1. The molecule has 2 fully saturated rings. The summed E-state index contributed by atoms with van der Waals surface area (Å²) in [5.41, 5.74) is 0. The highest BCUT2D eigenvalue weighted by Crippen LogP contribution is 2.25. The van der Waals surface area contributed by atoms with Gasteiger partial charge >= 0.3 is 12.0 Å². The van der Waals surface area contributed by atoms with E-state index in [0.29, 0.717) is 39.3 Å². The van der Waals surface area contributed by atoms with Crippen LogP contribution in [0.15, 0.2) is 0 Å². The lowest BCUT2D eigenvalue weighted by molar-refractivity contribution is -0.139. The molecule has 2 aliphatic rings. The zero-order valence-electron chi connectivity index (χ0n) is 17.3. The SMILES string of the molecule is CCC(C)NC(=O)CN1CCN(C(=O)NC2CC(N(CC)CC(=O)O)C2)CC1. The lowest BCUT2D eigenvalue weighted by Crippen LogP contribution is -2.59. The Hall–Kier alpha value is -1.87. The summed E-state index contributed by atoms with van der Waals surface area (Å²) in [6.45, 7) is 9.72. The number of urea groups is 1. The normalized spacial score (nSPS) is 23.8. The highest BCUT2D eigenvalue weighted by atomic mass is 16.4. The predicted octanol–water partition coefficient (Wildman–Crippen LogP) is 0.166. The van der Waals surface area contributed by atoms with Gasteiger partial charge in [0.15, 0.2) is 0 Å². The molecule has 3 N–H and O–H groups in total. The first-order valence-corrected chi connectivity index (χ1v) is 10.3. The van der Waals surface area contributed by atoms with E-state index < -0.39 is 5.97 Å². The smallest absolute Gasteiger partial charge is 0.317 e. The van der Waals surface area contributed by atoms with Gasteiger partial charge in [0.25, 0.3) is 0 Å². The lowest BCUT2D eigenvalue weighted by atomic mass is 9.85. The Kier molecular flexibility index (Phi) is 8.50. The molecule has 1 heterocycles. The van der Waals surface area contributed by atoms with E-state index in [0.717, 1.165) is 19.3 Å². The number of hydrogen-bond donors (Lipinski definition) is 3. The van der Waals surface area contributed by atoms with Gasteiger partial charge in [-0.3, -0.25) is 19.4 Å². The number of carbonyl (C=O) groups excluding carboxylic acids is 2. The summed E-state index contributed by atoms with van der Waals surface area (Å²) in [4.78, 5) is 41.1. The second kappa shape index (κ2) is 10.6. The highest BCUT2D eigenvalue weighted by molar-refractivity contribution is 5.78. The molecular weight excluding hydrogens is 362 g/mol. The van der Waals surface area contributed by atoms with Crippen molar-refractivity contribution in [3.63, 3.8) is 0 Å². The van der Waals surface area contributed by atoms with Gasteiger partial charge in [-0.2, -0.15) is 0 Å². The van der Waals surface area contributed by atoms with Crippen LogP contribution in [-0.4, -0.2) is 102 Å². The van der Waals surface area contributed by atoms with Gasteiger partial charge in [0.2, 0.25) is 5.91 Å². The zero-order valence-corrected chi connectivity index (χ0v) is 17.3. The summed E-state index contributed by atoms with van der Waals surface area (Å²) < 4.78 is 0. The van der Waals surface area contributed by atoms with Crippen LogP contribution in [0, 0.1) is 0 Å². The van der Waals surface area contributed by atoms with Crippen LogP contribution in [0.4, 0.5) is 4.79 Å². The van der Waals surface area contributed by atoms with E-state index in [2.05, 4.69) is 15.5 Å². The Morgan fingerprint density at radius 1 is 1.14 bits per heavy atom. The number of amides is 3. The highest BCUT2D eigenvalue weighted by Gasteiger charge is 2.35. The van der Waals surface area contributed by atoms with Crippen LogP contribution in [0.2, 0.25) is 0 Å². The molecule has 0 aromatic rings. The number of nitrogens with zero attached hydrogens (tertiary/aromatic N) is 3. The topological polar surface area (TPSA) is 105 Å². The van der Waals surface area contributed by atoms with Crippen LogP contribution in [0.25, 0.3) is 0 Å². The number of carboxylic acids is 1. The summed E-state index contributed by atoms with van der Waals surface area (Å²) in [7, 11) is 0. The Morgan fingerprint density at radius 3 is 2.32 bits per heavy atom. The second-order valence-corrected chi connectivity index (χ2v) is 7.87. The van der Waals surface area contributed by atoms with Crippen molar-refractivity contribution in [2.24, 2.45) is 0 Å². The molecule has 0 aromatic heterocycles. The first-order valence-electron chi connectivity index (χ1n) is 10.3. The van der Waals surface area contributed by atoms with Crippen LogP contribution >= 0.6 is 0 Å². The van der Waals surface area contributed by atoms with Gasteiger partial charge < -0.3 is 20.6 Å². The van der Waals surface area contributed by atoms with Crippen LogP contribution in [0.5, 0.6) is 0 Å². The molecule has 9 heteroatoms. The summed E-state index contributed by atoms with van der Waals surface area (Å²) in [5, 5.41) is 15.0. The monoisotopic (exact) mass is 397 g/mol. The Morgan fingerprint density at radius 2 is 1.79 bits per heavy atom. The van der Waals surface area contributed by atoms with Crippen molar-refractivity contribution in [2.45, 2.75) is 58.2 Å². The number of rotatable bonds is 9. The number of aliphatic carboxylic acids is 1. The molecule has 0 radical (unpaired) electrons. The van der Waals surface area contributed by atoms with Crippen molar-refractivity contribution in [3.8, 4) is 0 Å². The molecule has 1 aliphatic carbocycles. The lowest BCUT2D eigenvalue weighted by Gasteiger charge is -2.43. The fourth-order valence-electron chi connectivity index (χ4n) is 3.68. The van der Waals surface area contributed by atoms with Crippen LogP contribution in [0.3, 0.4) is 0 Å². The number of hydrogen-bond acceptors (Lipinski definition) is 5. The maximum Gasteiger partial charge on any atom is 0.317 e. The third kappa shape index (κ3) is 6.63. The van der Waals surface area contributed by atoms with E-state index in [9.17, 15) is 14.4 Å². The largest absolute Gasteiger partial charge is 0.480 e. The van der Waals surface area contributed by atoms with Crippen molar-refractivity contribution in [1.29, 1.82) is 0 Å². The molecule has 1 saturated heterocycles. The quantitative estimate of drug-likeness (QED) is 0.512. The third-order valence-electron chi connectivity index (χ3n) is 5.75. The molecular formula is C19H35N5O4. The fraction of sp³-hybridized carbons (Fsp3) is 0.842. The summed E-state index contributed by atoms with van der Waals surface area (Å²) in [6, 6.07) is 0.463. The van der Waals surface area contributed by atoms with E-state index >= 15 is 0 Å². The first kappa shape index (κ1) is 22.4. The van der Waals surface area contributed by atoms with Crippen LogP contribution < -0.4 is 10.6 Å². The minimum atomic E-state index is -0.815. The van der Waals surface area contributed by atoms with Crippen LogP contribution in [0.1, 0.15) is 40.0 Å². The molecule has 160 valence electrons. The first-order chi connectivity index (χ1) is 13.3. The predicted molar refractivity (Wildman–Crippen MR) is 106 cm³/mol. The van der Waals surface area contributed by atoms with E-state index in [1.165, 1.54) is 0 Å². The summed E-state index contributed by atoms with van der Waals surface area (Å²) in [5.74, 6) is -0.778. The van der Waals surface area contributed by atoms with Gasteiger partial charge in [-0.15, -0.1) is 0 Å². The Balaban J connectivity index is 1.65. The molecule has 9 nitrogen and oxygen atoms in total. The standard InChI is InChI=1S/C19H35N5O4/c1-4-14(3)20-17(25)12-22-6-8-24(9-7-22)19(28)21-15-10-16(11-15)23(5-2)13-18(26)27/h14-16H,4-13H2,1-3H3,(H,20,25)(H,21,28)(H,26,27). The average Bonchev–Trinajstić information content (AvgIpc) is 2.62. The molecule has 1 atom stereocenters. The van der Waals surface area contributed by atoms with E-state index in [1.807, 2.05) is 25.7 Å². The minimum absolute atomic E-state index is 0.0367. The molecule has 2 rings (SSSR count). The van der Waals surface area contributed by atoms with Crippen molar-refractivity contribution in [1.82, 2.24) is 25.3 Å². The average molecular weight is 398 g/mol. The molecule has 1 saturated carbocycles. The minimum Gasteiger partial charge on any atom is -0.480 e. The molecule has 0 bridgehead atoms. The molecule has 1 unspecified atom stereocenters. The van der Waals surface area contributed by atoms with Gasteiger partial charge in [0, 0.05) is 44.3 Å². The van der Waals surface area contributed by atoms with Gasteiger partial charge in [0.1, 0.15) is 0 Å². The molecule has 0 aromatic carbocycles. The maximum absolute atomic E-state index is 12.4. The Labute approximate surface area is 167 Å². The fourth-order valence-corrected chi connectivity index (χ4v) is 3.68. The second-order valence-electron chi connectivity index (χ2n) is 7.87.